The quantitative estimate of drug-likeness (QED) is 0.851. The number of hydrogen-bond acceptors (Lipinski definition) is 2. The number of piperidine rings is 1. The summed E-state index contributed by atoms with van der Waals surface area (Å²) in [6.45, 7) is 2.15. The number of benzene rings is 1. The number of carbonyl (C=O) groups is 2. The Balaban J connectivity index is 2.02. The molecule has 21 heavy (non-hydrogen) atoms. The van der Waals surface area contributed by atoms with Crippen LogP contribution in [-0.2, 0) is 4.79 Å². The summed E-state index contributed by atoms with van der Waals surface area (Å²) in [5, 5.41) is 11.5. The smallest absolute Gasteiger partial charge is 0.322 e. The number of rotatable bonds is 2. The van der Waals surface area contributed by atoms with Crippen molar-refractivity contribution in [3.63, 3.8) is 0 Å². The minimum Gasteiger partial charge on any atom is -0.481 e. The molecule has 1 aliphatic rings. The van der Waals surface area contributed by atoms with Crippen molar-refractivity contribution < 1.29 is 19.1 Å². The first-order valence-electron chi connectivity index (χ1n) is 6.64. The van der Waals surface area contributed by atoms with E-state index in [-0.39, 0.29) is 11.7 Å². The lowest BCUT2D eigenvalue weighted by Gasteiger charge is -2.36. The maximum Gasteiger partial charge on any atom is 0.322 e. The highest BCUT2D eigenvalue weighted by Crippen LogP contribution is 2.25. The second-order valence-electron chi connectivity index (χ2n) is 5.16. The van der Waals surface area contributed by atoms with Crippen molar-refractivity contribution >= 4 is 33.6 Å². The van der Waals surface area contributed by atoms with E-state index >= 15 is 0 Å². The van der Waals surface area contributed by atoms with E-state index in [1.54, 1.807) is 17.9 Å². The van der Waals surface area contributed by atoms with Crippen molar-refractivity contribution in [3.8, 4) is 0 Å². The molecule has 1 fully saturated rings. The second-order valence-corrected chi connectivity index (χ2v) is 6.07. The first-order chi connectivity index (χ1) is 9.88. The molecule has 1 heterocycles. The third kappa shape index (κ3) is 3.72. The van der Waals surface area contributed by atoms with Gasteiger partial charge in [-0.3, -0.25) is 4.79 Å². The third-order valence-electron chi connectivity index (χ3n) is 3.66. The van der Waals surface area contributed by atoms with Crippen molar-refractivity contribution in [1.82, 2.24) is 4.90 Å². The average molecular weight is 359 g/mol. The van der Waals surface area contributed by atoms with Crippen LogP contribution < -0.4 is 5.32 Å². The number of carboxylic acid groups (broad SMARTS) is 1. The maximum atomic E-state index is 13.7. The van der Waals surface area contributed by atoms with Crippen LogP contribution >= 0.6 is 15.9 Å². The van der Waals surface area contributed by atoms with Crippen LogP contribution in [0.25, 0.3) is 0 Å². The van der Waals surface area contributed by atoms with Crippen molar-refractivity contribution in [1.29, 1.82) is 0 Å². The Morgan fingerprint density at radius 1 is 1.48 bits per heavy atom. The number of anilines is 1. The van der Waals surface area contributed by atoms with Crippen LogP contribution in [0, 0.1) is 11.7 Å². The van der Waals surface area contributed by atoms with Gasteiger partial charge in [-0.2, -0.15) is 0 Å². The predicted molar refractivity (Wildman–Crippen MR) is 79.6 cm³/mol. The Kier molecular flexibility index (Phi) is 4.82. The molecular formula is C14H16BrFN2O3. The molecule has 2 amide bonds. The van der Waals surface area contributed by atoms with E-state index in [1.807, 2.05) is 0 Å². The van der Waals surface area contributed by atoms with Gasteiger partial charge in [0, 0.05) is 17.1 Å². The number of carboxylic acids is 1. The predicted octanol–water partition coefficient (Wildman–Crippen LogP) is 3.31. The molecular weight excluding hydrogens is 343 g/mol. The average Bonchev–Trinajstić information content (AvgIpc) is 2.41. The van der Waals surface area contributed by atoms with Gasteiger partial charge in [-0.1, -0.05) is 15.9 Å². The Hall–Kier alpha value is -1.63. The van der Waals surface area contributed by atoms with Crippen LogP contribution in [-0.4, -0.2) is 34.6 Å². The number of nitrogens with zero attached hydrogens (tertiary/aromatic N) is 1. The molecule has 7 heteroatoms. The van der Waals surface area contributed by atoms with Gasteiger partial charge in [-0.25, -0.2) is 9.18 Å². The number of likely N-dealkylation sites (tertiary alicyclic amines) is 1. The van der Waals surface area contributed by atoms with Gasteiger partial charge in [0.15, 0.2) is 0 Å². The first-order valence-corrected chi connectivity index (χ1v) is 7.43. The minimum absolute atomic E-state index is 0.107. The molecule has 0 saturated carbocycles. The topological polar surface area (TPSA) is 69.6 Å². The fourth-order valence-corrected chi connectivity index (χ4v) is 2.81. The van der Waals surface area contributed by atoms with E-state index < -0.39 is 23.7 Å². The number of amides is 2. The highest BCUT2D eigenvalue weighted by molar-refractivity contribution is 9.10. The van der Waals surface area contributed by atoms with Gasteiger partial charge in [-0.05, 0) is 38.0 Å². The lowest BCUT2D eigenvalue weighted by Crippen LogP contribution is -2.47. The molecule has 2 unspecified atom stereocenters. The standard InChI is InChI=1S/C14H16BrFN2O3/c1-8-6-9(13(19)20)4-5-18(8)14(21)17-12-3-2-10(15)7-11(12)16/h2-3,7-9H,4-6H2,1H3,(H,17,21)(H,19,20). The second kappa shape index (κ2) is 6.43. The summed E-state index contributed by atoms with van der Waals surface area (Å²) in [4.78, 5) is 24.7. The zero-order chi connectivity index (χ0) is 15.6. The van der Waals surface area contributed by atoms with E-state index in [0.717, 1.165) is 0 Å². The van der Waals surface area contributed by atoms with Crippen molar-refractivity contribution in [2.24, 2.45) is 5.92 Å². The summed E-state index contributed by atoms with van der Waals surface area (Å²) in [7, 11) is 0. The van der Waals surface area contributed by atoms with Crippen LogP contribution in [0.1, 0.15) is 19.8 Å². The van der Waals surface area contributed by atoms with Crippen LogP contribution in [0.5, 0.6) is 0 Å². The number of halogens is 2. The summed E-state index contributed by atoms with van der Waals surface area (Å²) in [5.41, 5.74) is 0.107. The number of nitrogens with one attached hydrogen (secondary N) is 1. The molecule has 2 N–H and O–H groups in total. The van der Waals surface area contributed by atoms with Gasteiger partial charge < -0.3 is 15.3 Å². The Bertz CT molecular complexity index is 567. The lowest BCUT2D eigenvalue weighted by molar-refractivity contribution is -0.143. The molecule has 1 aromatic rings. The van der Waals surface area contributed by atoms with Gasteiger partial charge in [0.1, 0.15) is 5.82 Å². The zero-order valence-electron chi connectivity index (χ0n) is 11.5. The molecule has 114 valence electrons. The zero-order valence-corrected chi connectivity index (χ0v) is 13.1. The lowest BCUT2D eigenvalue weighted by atomic mass is 9.92. The Morgan fingerprint density at radius 2 is 2.19 bits per heavy atom. The van der Waals surface area contributed by atoms with E-state index in [1.165, 1.54) is 12.1 Å². The molecule has 0 aromatic heterocycles. The van der Waals surface area contributed by atoms with Gasteiger partial charge in [0.05, 0.1) is 11.6 Å². The Morgan fingerprint density at radius 3 is 2.76 bits per heavy atom. The van der Waals surface area contributed by atoms with Crippen LogP contribution in [0.3, 0.4) is 0 Å². The normalized spacial score (nSPS) is 22.0. The summed E-state index contributed by atoms with van der Waals surface area (Å²) < 4.78 is 14.3. The highest BCUT2D eigenvalue weighted by atomic mass is 79.9. The molecule has 5 nitrogen and oxygen atoms in total. The molecule has 2 atom stereocenters. The van der Waals surface area contributed by atoms with E-state index in [4.69, 9.17) is 5.11 Å². The fourth-order valence-electron chi connectivity index (χ4n) is 2.48. The highest BCUT2D eigenvalue weighted by Gasteiger charge is 2.32. The van der Waals surface area contributed by atoms with Crippen molar-refractivity contribution in [2.75, 3.05) is 11.9 Å². The largest absolute Gasteiger partial charge is 0.481 e. The van der Waals surface area contributed by atoms with E-state index in [0.29, 0.717) is 23.9 Å². The fraction of sp³-hybridized carbons (Fsp3) is 0.429. The van der Waals surface area contributed by atoms with Crippen molar-refractivity contribution in [3.05, 3.63) is 28.5 Å². The number of hydrogen-bond donors (Lipinski definition) is 2. The summed E-state index contributed by atoms with van der Waals surface area (Å²) in [6.07, 6.45) is 0.821. The summed E-state index contributed by atoms with van der Waals surface area (Å²) >= 11 is 3.15. The third-order valence-corrected chi connectivity index (χ3v) is 4.15. The van der Waals surface area contributed by atoms with Gasteiger partial charge in [-0.15, -0.1) is 0 Å². The monoisotopic (exact) mass is 358 g/mol. The van der Waals surface area contributed by atoms with Crippen LogP contribution in [0.4, 0.5) is 14.9 Å². The number of carbonyl (C=O) groups excluding carboxylic acids is 1. The van der Waals surface area contributed by atoms with E-state index in [2.05, 4.69) is 21.2 Å². The van der Waals surface area contributed by atoms with Crippen molar-refractivity contribution in [2.45, 2.75) is 25.8 Å². The van der Waals surface area contributed by atoms with Crippen LogP contribution in [0.2, 0.25) is 0 Å². The summed E-state index contributed by atoms with van der Waals surface area (Å²) in [6, 6.07) is 3.78. The molecule has 1 aliphatic heterocycles. The molecule has 2 rings (SSSR count). The SMILES string of the molecule is CC1CC(C(=O)O)CCN1C(=O)Nc1ccc(Br)cc1F. The van der Waals surface area contributed by atoms with Gasteiger partial charge in [0.2, 0.25) is 0 Å². The number of aliphatic carboxylic acids is 1. The molecule has 0 aliphatic carbocycles. The van der Waals surface area contributed by atoms with Gasteiger partial charge in [0.25, 0.3) is 0 Å². The Labute approximate surface area is 130 Å². The van der Waals surface area contributed by atoms with Crippen LogP contribution in [0.15, 0.2) is 22.7 Å². The summed E-state index contributed by atoms with van der Waals surface area (Å²) in [5.74, 6) is -1.78. The molecule has 1 saturated heterocycles. The maximum absolute atomic E-state index is 13.7. The molecule has 0 radical (unpaired) electrons. The number of urea groups is 1. The minimum atomic E-state index is -0.833. The molecule has 1 aromatic carbocycles. The molecule has 0 bridgehead atoms. The van der Waals surface area contributed by atoms with Gasteiger partial charge >= 0.3 is 12.0 Å². The van der Waals surface area contributed by atoms with E-state index in [9.17, 15) is 14.0 Å². The molecule has 0 spiro atoms. The first kappa shape index (κ1) is 15.8.